The van der Waals surface area contributed by atoms with Gasteiger partial charge in [0.15, 0.2) is 0 Å². The van der Waals surface area contributed by atoms with E-state index in [0.717, 1.165) is 15.9 Å². The van der Waals surface area contributed by atoms with Crippen molar-refractivity contribution in [3.05, 3.63) is 22.7 Å². The van der Waals surface area contributed by atoms with E-state index in [1.165, 1.54) is 11.9 Å². The molecule has 1 fully saturated rings. The number of rotatable bonds is 7. The van der Waals surface area contributed by atoms with Gasteiger partial charge in [0.2, 0.25) is 5.91 Å². The fraction of sp³-hybridized carbons (Fsp3) is 0.579. The summed E-state index contributed by atoms with van der Waals surface area (Å²) in [5.41, 5.74) is 0.121. The standard InChI is InChI=1S/C19H26BrF3N4O2/c1-4-17(19(21,22)23)24-27(5-2)13-18(28)26-10-8-25(9-11-26)14-6-7-15(20)16(12-14)29-3/h6-7,12H,4-5,8-11,13H2,1-3H3/b24-17+. The van der Waals surface area contributed by atoms with Gasteiger partial charge in [-0.1, -0.05) is 6.92 Å². The summed E-state index contributed by atoms with van der Waals surface area (Å²) in [6.45, 7) is 5.41. The smallest absolute Gasteiger partial charge is 0.431 e. The van der Waals surface area contributed by atoms with Crippen molar-refractivity contribution >= 4 is 33.2 Å². The Morgan fingerprint density at radius 2 is 1.90 bits per heavy atom. The molecule has 6 nitrogen and oxygen atoms in total. The topological polar surface area (TPSA) is 48.4 Å². The minimum absolute atomic E-state index is 0.164. The van der Waals surface area contributed by atoms with Crippen molar-refractivity contribution < 1.29 is 22.7 Å². The summed E-state index contributed by atoms with van der Waals surface area (Å²) in [6, 6.07) is 5.81. The third-order valence-electron chi connectivity index (χ3n) is 4.74. The number of alkyl halides is 3. The molecule has 2 rings (SSSR count). The number of amides is 1. The highest BCUT2D eigenvalue weighted by Gasteiger charge is 2.35. The molecule has 0 bridgehead atoms. The van der Waals surface area contributed by atoms with Gasteiger partial charge in [0.25, 0.3) is 0 Å². The van der Waals surface area contributed by atoms with Crippen molar-refractivity contribution in [2.24, 2.45) is 5.10 Å². The van der Waals surface area contributed by atoms with Gasteiger partial charge in [-0.2, -0.15) is 18.3 Å². The second-order valence-corrected chi connectivity index (χ2v) is 7.42. The molecule has 1 amide bonds. The van der Waals surface area contributed by atoms with Crippen LogP contribution >= 0.6 is 15.9 Å². The van der Waals surface area contributed by atoms with Gasteiger partial charge in [-0.25, -0.2) is 0 Å². The average molecular weight is 479 g/mol. The van der Waals surface area contributed by atoms with Gasteiger partial charge in [0.05, 0.1) is 11.6 Å². The van der Waals surface area contributed by atoms with Crippen LogP contribution in [0.2, 0.25) is 0 Å². The molecule has 1 aromatic rings. The SMILES string of the molecule is CC/C(=N\N(CC)CC(=O)N1CCN(c2ccc(Br)c(OC)c2)CC1)C(F)(F)F. The summed E-state index contributed by atoms with van der Waals surface area (Å²) in [7, 11) is 1.60. The molecule has 0 N–H and O–H groups in total. The van der Waals surface area contributed by atoms with E-state index >= 15 is 0 Å². The molecule has 0 unspecified atom stereocenters. The van der Waals surface area contributed by atoms with Crippen LogP contribution in [-0.4, -0.2) is 74.1 Å². The van der Waals surface area contributed by atoms with Crippen LogP contribution in [0.4, 0.5) is 18.9 Å². The molecule has 0 saturated carbocycles. The molecule has 1 aliphatic heterocycles. The molecule has 0 spiro atoms. The number of halogens is 4. The Hall–Kier alpha value is -1.97. The van der Waals surface area contributed by atoms with Crippen LogP contribution in [0.3, 0.4) is 0 Å². The van der Waals surface area contributed by atoms with Crippen molar-refractivity contribution in [3.8, 4) is 5.75 Å². The maximum atomic E-state index is 12.9. The Balaban J connectivity index is 1.96. The number of ether oxygens (including phenoxy) is 1. The van der Waals surface area contributed by atoms with E-state index in [1.54, 1.807) is 18.9 Å². The Kier molecular flexibility index (Phi) is 8.18. The highest BCUT2D eigenvalue weighted by atomic mass is 79.9. The first-order valence-electron chi connectivity index (χ1n) is 9.45. The number of likely N-dealkylation sites (N-methyl/N-ethyl adjacent to an activating group) is 1. The Morgan fingerprint density at radius 1 is 1.24 bits per heavy atom. The minimum Gasteiger partial charge on any atom is -0.495 e. The lowest BCUT2D eigenvalue weighted by molar-refractivity contribution is -0.132. The second kappa shape index (κ2) is 10.2. The molecular weight excluding hydrogens is 453 g/mol. The van der Waals surface area contributed by atoms with E-state index < -0.39 is 11.9 Å². The van der Waals surface area contributed by atoms with Crippen LogP contribution in [0.1, 0.15) is 20.3 Å². The minimum atomic E-state index is -4.48. The van der Waals surface area contributed by atoms with Crippen LogP contribution in [0.5, 0.6) is 5.75 Å². The zero-order valence-corrected chi connectivity index (χ0v) is 18.4. The molecule has 0 atom stereocenters. The van der Waals surface area contributed by atoms with Crippen molar-refractivity contribution in [1.29, 1.82) is 0 Å². The molecule has 1 aliphatic rings. The van der Waals surface area contributed by atoms with E-state index in [1.807, 2.05) is 18.2 Å². The third-order valence-corrected chi connectivity index (χ3v) is 5.39. The zero-order chi connectivity index (χ0) is 21.6. The lowest BCUT2D eigenvalue weighted by atomic mass is 10.2. The fourth-order valence-corrected chi connectivity index (χ4v) is 3.44. The summed E-state index contributed by atoms with van der Waals surface area (Å²) < 4.78 is 45.0. The number of piperazine rings is 1. The summed E-state index contributed by atoms with van der Waals surface area (Å²) in [5, 5.41) is 4.84. The monoisotopic (exact) mass is 478 g/mol. The number of carbonyl (C=O) groups is 1. The van der Waals surface area contributed by atoms with Crippen molar-refractivity contribution in [2.45, 2.75) is 26.4 Å². The van der Waals surface area contributed by atoms with E-state index in [2.05, 4.69) is 25.9 Å². The van der Waals surface area contributed by atoms with Gasteiger partial charge in [-0.15, -0.1) is 0 Å². The summed E-state index contributed by atoms with van der Waals surface area (Å²) in [6.07, 6.45) is -4.72. The molecular formula is C19H26BrF3N4O2. The predicted octanol–water partition coefficient (Wildman–Crippen LogP) is 3.76. The van der Waals surface area contributed by atoms with Gasteiger partial charge in [0, 0.05) is 44.5 Å². The van der Waals surface area contributed by atoms with Crippen LogP contribution in [-0.2, 0) is 4.79 Å². The van der Waals surface area contributed by atoms with E-state index in [0.29, 0.717) is 26.2 Å². The highest BCUT2D eigenvalue weighted by Crippen LogP contribution is 2.30. The molecule has 0 aliphatic carbocycles. The van der Waals surface area contributed by atoms with E-state index in [9.17, 15) is 18.0 Å². The largest absolute Gasteiger partial charge is 0.495 e. The number of carbonyl (C=O) groups excluding carboxylic acids is 1. The number of anilines is 1. The van der Waals surface area contributed by atoms with Crippen LogP contribution in [0.15, 0.2) is 27.8 Å². The molecule has 1 aromatic carbocycles. The maximum Gasteiger partial charge on any atom is 0.431 e. The van der Waals surface area contributed by atoms with E-state index in [4.69, 9.17) is 4.74 Å². The number of nitrogens with zero attached hydrogens (tertiary/aromatic N) is 4. The summed E-state index contributed by atoms with van der Waals surface area (Å²) in [4.78, 5) is 16.4. The average Bonchev–Trinajstić information content (AvgIpc) is 2.70. The van der Waals surface area contributed by atoms with Gasteiger partial charge < -0.3 is 14.5 Å². The van der Waals surface area contributed by atoms with Gasteiger partial charge in [-0.3, -0.25) is 9.80 Å². The molecule has 0 radical (unpaired) electrons. The molecule has 0 aromatic heterocycles. The number of hydrogen-bond donors (Lipinski definition) is 0. The quantitative estimate of drug-likeness (QED) is 0.442. The van der Waals surface area contributed by atoms with Gasteiger partial charge in [-0.05, 0) is 41.4 Å². The fourth-order valence-electron chi connectivity index (χ4n) is 3.03. The summed E-state index contributed by atoms with van der Waals surface area (Å²) in [5.74, 6) is 0.509. The third kappa shape index (κ3) is 6.25. The second-order valence-electron chi connectivity index (χ2n) is 6.57. The number of hydrazone groups is 1. The van der Waals surface area contributed by atoms with E-state index in [-0.39, 0.29) is 25.4 Å². The number of methoxy groups -OCH3 is 1. The van der Waals surface area contributed by atoms with Gasteiger partial charge in [0.1, 0.15) is 18.0 Å². The first kappa shape index (κ1) is 23.3. The highest BCUT2D eigenvalue weighted by molar-refractivity contribution is 9.10. The molecule has 1 saturated heterocycles. The Labute approximate surface area is 177 Å². The number of benzene rings is 1. The molecule has 10 heteroatoms. The lowest BCUT2D eigenvalue weighted by Gasteiger charge is -2.37. The summed E-state index contributed by atoms with van der Waals surface area (Å²) >= 11 is 3.43. The lowest BCUT2D eigenvalue weighted by Crippen LogP contribution is -2.51. The zero-order valence-electron chi connectivity index (χ0n) is 16.8. The first-order chi connectivity index (χ1) is 13.7. The molecule has 1 heterocycles. The van der Waals surface area contributed by atoms with Crippen molar-refractivity contribution in [3.63, 3.8) is 0 Å². The van der Waals surface area contributed by atoms with Crippen LogP contribution in [0, 0.1) is 0 Å². The van der Waals surface area contributed by atoms with Crippen molar-refractivity contribution in [2.75, 3.05) is 51.3 Å². The van der Waals surface area contributed by atoms with Crippen LogP contribution in [0.25, 0.3) is 0 Å². The maximum absolute atomic E-state index is 12.9. The Morgan fingerprint density at radius 3 is 2.41 bits per heavy atom. The van der Waals surface area contributed by atoms with Crippen molar-refractivity contribution in [1.82, 2.24) is 9.91 Å². The molecule has 29 heavy (non-hydrogen) atoms. The normalized spacial score (nSPS) is 15.5. The predicted molar refractivity (Wildman–Crippen MR) is 111 cm³/mol. The first-order valence-corrected chi connectivity index (χ1v) is 10.2. The van der Waals surface area contributed by atoms with Gasteiger partial charge >= 0.3 is 6.18 Å². The number of hydrogen-bond acceptors (Lipinski definition) is 5. The molecule has 162 valence electrons. The Bertz CT molecular complexity index is 735. The van der Waals surface area contributed by atoms with Crippen LogP contribution < -0.4 is 9.64 Å².